The van der Waals surface area contributed by atoms with Gasteiger partial charge in [0.25, 0.3) is 0 Å². The predicted octanol–water partition coefficient (Wildman–Crippen LogP) is 4.59. The minimum absolute atomic E-state index is 0.531. The molecule has 1 rings (SSSR count). The van der Waals surface area contributed by atoms with E-state index in [9.17, 15) is 0 Å². The molecule has 1 heteroatoms. The Morgan fingerprint density at radius 3 is 1.86 bits per heavy atom. The summed E-state index contributed by atoms with van der Waals surface area (Å²) in [5, 5.41) is 0.531. The van der Waals surface area contributed by atoms with Crippen LogP contribution >= 0.6 is 0 Å². The quantitative estimate of drug-likeness (QED) is 0.564. The summed E-state index contributed by atoms with van der Waals surface area (Å²) in [7, 11) is 0. The van der Waals surface area contributed by atoms with Gasteiger partial charge in [-0.25, -0.2) is 0 Å². The Morgan fingerprint density at radius 1 is 1.07 bits per heavy atom. The molecule has 14 heavy (non-hydrogen) atoms. The van der Waals surface area contributed by atoms with E-state index in [1.807, 2.05) is 0 Å². The molecule has 0 amide bonds. The van der Waals surface area contributed by atoms with E-state index in [-0.39, 0.29) is 0 Å². The zero-order chi connectivity index (χ0) is 10.9. The first kappa shape index (κ1) is 12.1. The molecule has 1 aliphatic heterocycles. The molecule has 1 fully saturated rings. The van der Waals surface area contributed by atoms with Gasteiger partial charge in [-0.1, -0.05) is 71.3 Å². The van der Waals surface area contributed by atoms with Crippen LogP contribution < -0.4 is 0 Å². The molecular weight excluding hydrogens is 167 g/mol. The van der Waals surface area contributed by atoms with Gasteiger partial charge in [0, 0.05) is 0 Å². The fraction of sp³-hybridized carbons (Fsp3) is 1.00. The molecule has 0 aliphatic carbocycles. The second-order valence-electron chi connectivity index (χ2n) is 6.59. The van der Waals surface area contributed by atoms with Crippen molar-refractivity contribution in [1.29, 1.82) is 0 Å². The molecule has 0 radical (unpaired) electrons. The maximum Gasteiger partial charge on any atom is 0.146 e. The van der Waals surface area contributed by atoms with E-state index in [4.69, 9.17) is 0 Å². The third-order valence-corrected chi connectivity index (χ3v) is 4.72. The minimum Gasteiger partial charge on any atom is -0.0711 e. The highest BCUT2D eigenvalue weighted by atomic mass is 14.3. The normalized spacial score (nSPS) is 29.8. The standard InChI is InChI=1S/C13H27B/c1-10(2)13(5,6)14-8-11(3)7-12(4)9-14/h10-12H,7-9H2,1-6H3. The maximum absolute atomic E-state index is 2.47. The van der Waals surface area contributed by atoms with Gasteiger partial charge in [0.2, 0.25) is 0 Å². The zero-order valence-electron chi connectivity index (χ0n) is 10.9. The third kappa shape index (κ3) is 2.55. The van der Waals surface area contributed by atoms with Crippen molar-refractivity contribution in [2.75, 3.05) is 0 Å². The van der Waals surface area contributed by atoms with Gasteiger partial charge in [0.15, 0.2) is 0 Å². The smallest absolute Gasteiger partial charge is 0.0711 e. The van der Waals surface area contributed by atoms with Crippen LogP contribution in [0.3, 0.4) is 0 Å². The van der Waals surface area contributed by atoms with Crippen LogP contribution in [0.15, 0.2) is 0 Å². The summed E-state index contributed by atoms with van der Waals surface area (Å²) in [4.78, 5) is 0. The molecule has 1 aliphatic rings. The number of rotatable bonds is 2. The average Bonchev–Trinajstić information content (AvgIpc) is 2.01. The highest BCUT2D eigenvalue weighted by Crippen LogP contribution is 2.46. The van der Waals surface area contributed by atoms with Crippen molar-refractivity contribution >= 4 is 6.71 Å². The van der Waals surface area contributed by atoms with Gasteiger partial charge in [0.05, 0.1) is 0 Å². The number of hydrogen-bond acceptors (Lipinski definition) is 0. The fourth-order valence-electron chi connectivity index (χ4n) is 3.03. The maximum atomic E-state index is 2.47. The van der Waals surface area contributed by atoms with Gasteiger partial charge in [-0.05, 0) is 12.3 Å². The van der Waals surface area contributed by atoms with E-state index < -0.39 is 0 Å². The van der Waals surface area contributed by atoms with Crippen molar-refractivity contribution < 1.29 is 0 Å². The van der Waals surface area contributed by atoms with Gasteiger partial charge in [-0.2, -0.15) is 0 Å². The lowest BCUT2D eigenvalue weighted by Crippen LogP contribution is -2.38. The highest BCUT2D eigenvalue weighted by molar-refractivity contribution is 6.62. The van der Waals surface area contributed by atoms with Crippen LogP contribution in [0.1, 0.15) is 48.0 Å². The molecule has 2 atom stereocenters. The molecule has 0 bridgehead atoms. The van der Waals surface area contributed by atoms with Crippen LogP contribution in [-0.2, 0) is 0 Å². The predicted molar refractivity (Wildman–Crippen MR) is 67.2 cm³/mol. The van der Waals surface area contributed by atoms with Gasteiger partial charge in [0.1, 0.15) is 6.71 Å². The summed E-state index contributed by atoms with van der Waals surface area (Å²) >= 11 is 0. The topological polar surface area (TPSA) is 0 Å². The van der Waals surface area contributed by atoms with E-state index in [1.54, 1.807) is 0 Å². The van der Waals surface area contributed by atoms with Crippen molar-refractivity contribution in [3.05, 3.63) is 0 Å². The summed E-state index contributed by atoms with van der Waals surface area (Å²) in [5.74, 6) is 2.70. The molecule has 0 nitrogen and oxygen atoms in total. The van der Waals surface area contributed by atoms with Crippen LogP contribution in [0.25, 0.3) is 0 Å². The Bertz CT molecular complexity index is 174. The number of hydrogen-bond donors (Lipinski definition) is 0. The second-order valence-corrected chi connectivity index (χ2v) is 6.59. The van der Waals surface area contributed by atoms with Gasteiger partial charge in [-0.15, -0.1) is 0 Å². The zero-order valence-corrected chi connectivity index (χ0v) is 10.9. The van der Waals surface area contributed by atoms with Crippen molar-refractivity contribution in [3.8, 4) is 0 Å². The molecule has 82 valence electrons. The lowest BCUT2D eigenvalue weighted by Gasteiger charge is -2.42. The Morgan fingerprint density at radius 2 is 1.50 bits per heavy atom. The average molecular weight is 194 g/mol. The van der Waals surface area contributed by atoms with Crippen molar-refractivity contribution in [2.45, 2.75) is 65.9 Å². The molecule has 0 spiro atoms. The summed E-state index contributed by atoms with van der Waals surface area (Å²) in [6.45, 7) is 15.5. The molecule has 0 aromatic carbocycles. The molecule has 2 unspecified atom stereocenters. The first-order chi connectivity index (χ1) is 6.34. The van der Waals surface area contributed by atoms with Crippen molar-refractivity contribution in [1.82, 2.24) is 0 Å². The monoisotopic (exact) mass is 194 g/mol. The van der Waals surface area contributed by atoms with E-state index in [0.717, 1.165) is 24.5 Å². The van der Waals surface area contributed by atoms with Gasteiger partial charge >= 0.3 is 0 Å². The van der Waals surface area contributed by atoms with Crippen LogP contribution in [0, 0.1) is 17.8 Å². The fourth-order valence-corrected chi connectivity index (χ4v) is 3.03. The van der Waals surface area contributed by atoms with Crippen molar-refractivity contribution in [3.63, 3.8) is 0 Å². The minimum atomic E-state index is 0.531. The first-order valence-corrected chi connectivity index (χ1v) is 6.34. The Kier molecular flexibility index (Phi) is 3.72. The van der Waals surface area contributed by atoms with E-state index in [0.29, 0.717) is 5.31 Å². The van der Waals surface area contributed by atoms with Crippen LogP contribution in [0.5, 0.6) is 0 Å². The van der Waals surface area contributed by atoms with Gasteiger partial charge < -0.3 is 0 Å². The summed E-state index contributed by atoms with van der Waals surface area (Å²) < 4.78 is 0. The van der Waals surface area contributed by atoms with Crippen molar-refractivity contribution in [2.24, 2.45) is 17.8 Å². The second kappa shape index (κ2) is 4.29. The van der Waals surface area contributed by atoms with E-state index in [2.05, 4.69) is 41.5 Å². The molecule has 1 heterocycles. The molecule has 0 aromatic rings. The largest absolute Gasteiger partial charge is 0.146 e. The van der Waals surface area contributed by atoms with Crippen LogP contribution in [-0.4, -0.2) is 6.71 Å². The molecule has 0 saturated carbocycles. The highest BCUT2D eigenvalue weighted by Gasteiger charge is 2.39. The van der Waals surface area contributed by atoms with E-state index in [1.165, 1.54) is 19.1 Å². The Balaban J connectivity index is 2.67. The summed E-state index contributed by atoms with van der Waals surface area (Å²) in [5.41, 5.74) is 0. The first-order valence-electron chi connectivity index (χ1n) is 6.34. The van der Waals surface area contributed by atoms with Crippen LogP contribution in [0.4, 0.5) is 0 Å². The Labute approximate surface area is 90.9 Å². The molecule has 0 N–H and O–H groups in total. The van der Waals surface area contributed by atoms with E-state index >= 15 is 0 Å². The SMILES string of the molecule is CC1CB(C(C)(C)C(C)C)CC(C)C1. The Hall–Kier alpha value is 0.0649. The molecule has 1 saturated heterocycles. The van der Waals surface area contributed by atoms with Crippen LogP contribution in [0.2, 0.25) is 18.0 Å². The molecule has 0 aromatic heterocycles. The summed E-state index contributed by atoms with van der Waals surface area (Å²) in [6, 6.07) is 0. The van der Waals surface area contributed by atoms with Gasteiger partial charge in [-0.3, -0.25) is 0 Å². The third-order valence-electron chi connectivity index (χ3n) is 4.72. The lowest BCUT2D eigenvalue weighted by atomic mass is 9.25. The summed E-state index contributed by atoms with van der Waals surface area (Å²) in [6.07, 6.45) is 4.36. The molecular formula is C13H27B. The lowest BCUT2D eigenvalue weighted by molar-refractivity contribution is 0.398.